The molecule has 0 aliphatic heterocycles. The Hall–Kier alpha value is -1.59. The van der Waals surface area contributed by atoms with Crippen LogP contribution in [0.5, 0.6) is 0 Å². The van der Waals surface area contributed by atoms with Gasteiger partial charge in [-0.25, -0.2) is 0 Å². The fourth-order valence-corrected chi connectivity index (χ4v) is 1.01. The summed E-state index contributed by atoms with van der Waals surface area (Å²) >= 11 is 0. The van der Waals surface area contributed by atoms with Gasteiger partial charge in [0.05, 0.1) is 6.42 Å². The van der Waals surface area contributed by atoms with Crippen LogP contribution in [-0.4, -0.2) is 47.9 Å². The normalized spacial score (nSPS) is 9.62. The fraction of sp³-hybridized carbons (Fsp3) is 0.700. The van der Waals surface area contributed by atoms with E-state index in [9.17, 15) is 14.4 Å². The largest absolute Gasteiger partial charge is 0.481 e. The minimum Gasteiger partial charge on any atom is -0.481 e. The molecule has 0 heterocycles. The Morgan fingerprint density at radius 3 is 2.38 bits per heavy atom. The van der Waals surface area contributed by atoms with Crippen LogP contribution in [-0.2, 0) is 14.4 Å². The van der Waals surface area contributed by atoms with Crippen LogP contribution >= 0.6 is 0 Å². The van der Waals surface area contributed by atoms with E-state index in [0.29, 0.717) is 13.0 Å². The van der Waals surface area contributed by atoms with Crippen LogP contribution in [0, 0.1) is 0 Å². The molecule has 0 aromatic rings. The predicted molar refractivity (Wildman–Crippen MR) is 57.8 cm³/mol. The third-order valence-electron chi connectivity index (χ3n) is 2.07. The summed E-state index contributed by atoms with van der Waals surface area (Å²) in [4.78, 5) is 33.9. The molecule has 0 aliphatic carbocycles. The molecule has 0 aromatic heterocycles. The van der Waals surface area contributed by atoms with Crippen molar-refractivity contribution in [2.75, 3.05) is 20.1 Å². The van der Waals surface area contributed by atoms with Crippen LogP contribution in [0.2, 0.25) is 0 Å². The lowest BCUT2D eigenvalue weighted by molar-refractivity contribution is -0.138. The first kappa shape index (κ1) is 14.4. The van der Waals surface area contributed by atoms with Crippen LogP contribution < -0.4 is 5.32 Å². The average molecular weight is 230 g/mol. The van der Waals surface area contributed by atoms with Crippen molar-refractivity contribution in [2.45, 2.75) is 26.2 Å². The fourth-order valence-electron chi connectivity index (χ4n) is 1.01. The molecule has 0 bridgehead atoms. The SMILES string of the molecule is CCC(=O)NCCC(=O)N(C)CCC(=O)O. The second-order valence-electron chi connectivity index (χ2n) is 3.41. The van der Waals surface area contributed by atoms with E-state index < -0.39 is 5.97 Å². The number of hydrogen-bond acceptors (Lipinski definition) is 3. The van der Waals surface area contributed by atoms with E-state index >= 15 is 0 Å². The topological polar surface area (TPSA) is 86.7 Å². The van der Waals surface area contributed by atoms with E-state index in [2.05, 4.69) is 5.32 Å². The Balaban J connectivity index is 3.71. The Morgan fingerprint density at radius 1 is 1.25 bits per heavy atom. The van der Waals surface area contributed by atoms with Gasteiger partial charge < -0.3 is 15.3 Å². The molecule has 0 rings (SSSR count). The third-order valence-corrected chi connectivity index (χ3v) is 2.07. The molecule has 0 spiro atoms. The van der Waals surface area contributed by atoms with Gasteiger partial charge in [-0.2, -0.15) is 0 Å². The molecule has 6 nitrogen and oxygen atoms in total. The highest BCUT2D eigenvalue weighted by molar-refractivity contribution is 5.79. The van der Waals surface area contributed by atoms with Gasteiger partial charge in [0, 0.05) is 33.0 Å². The van der Waals surface area contributed by atoms with Crippen molar-refractivity contribution < 1.29 is 19.5 Å². The van der Waals surface area contributed by atoms with E-state index in [1.54, 1.807) is 14.0 Å². The van der Waals surface area contributed by atoms with Gasteiger partial charge >= 0.3 is 5.97 Å². The molecule has 0 saturated carbocycles. The number of nitrogens with one attached hydrogen (secondary N) is 1. The van der Waals surface area contributed by atoms with E-state index in [4.69, 9.17) is 5.11 Å². The van der Waals surface area contributed by atoms with Crippen molar-refractivity contribution in [1.82, 2.24) is 10.2 Å². The summed E-state index contributed by atoms with van der Waals surface area (Å²) in [6, 6.07) is 0. The van der Waals surface area contributed by atoms with E-state index in [1.165, 1.54) is 4.90 Å². The van der Waals surface area contributed by atoms with Crippen molar-refractivity contribution in [3.63, 3.8) is 0 Å². The molecule has 2 N–H and O–H groups in total. The molecule has 2 amide bonds. The Bertz CT molecular complexity index is 266. The summed E-state index contributed by atoms with van der Waals surface area (Å²) in [6.45, 7) is 2.22. The summed E-state index contributed by atoms with van der Waals surface area (Å²) in [5, 5.41) is 11.0. The molecule has 16 heavy (non-hydrogen) atoms. The number of amides is 2. The molecule has 0 aliphatic rings. The number of nitrogens with zero attached hydrogens (tertiary/aromatic N) is 1. The lowest BCUT2D eigenvalue weighted by atomic mass is 10.3. The maximum Gasteiger partial charge on any atom is 0.305 e. The molecule has 0 atom stereocenters. The summed E-state index contributed by atoms with van der Waals surface area (Å²) in [6.07, 6.45) is 0.522. The van der Waals surface area contributed by atoms with E-state index in [-0.39, 0.29) is 31.2 Å². The highest BCUT2D eigenvalue weighted by Gasteiger charge is 2.10. The van der Waals surface area contributed by atoms with Gasteiger partial charge in [0.2, 0.25) is 11.8 Å². The van der Waals surface area contributed by atoms with Crippen molar-refractivity contribution in [3.8, 4) is 0 Å². The first-order chi connectivity index (χ1) is 7.47. The lowest BCUT2D eigenvalue weighted by Gasteiger charge is -2.15. The minimum atomic E-state index is -0.932. The summed E-state index contributed by atoms with van der Waals surface area (Å²) in [7, 11) is 1.55. The van der Waals surface area contributed by atoms with Crippen molar-refractivity contribution >= 4 is 17.8 Å². The number of carboxylic acids is 1. The summed E-state index contributed by atoms with van der Waals surface area (Å²) in [5.74, 6) is -1.20. The average Bonchev–Trinajstić information content (AvgIpc) is 2.25. The van der Waals surface area contributed by atoms with E-state index in [0.717, 1.165) is 0 Å². The maximum absolute atomic E-state index is 11.4. The predicted octanol–water partition coefficient (Wildman–Crippen LogP) is -0.164. The van der Waals surface area contributed by atoms with Crippen LogP contribution in [0.3, 0.4) is 0 Å². The molecular weight excluding hydrogens is 212 g/mol. The molecular formula is C10H18N2O4. The molecule has 0 radical (unpaired) electrons. The zero-order chi connectivity index (χ0) is 12.6. The number of rotatable bonds is 7. The Labute approximate surface area is 94.6 Å². The molecule has 0 aromatic carbocycles. The van der Waals surface area contributed by atoms with Crippen molar-refractivity contribution in [1.29, 1.82) is 0 Å². The zero-order valence-corrected chi connectivity index (χ0v) is 9.65. The van der Waals surface area contributed by atoms with Gasteiger partial charge in [0.15, 0.2) is 0 Å². The van der Waals surface area contributed by atoms with Gasteiger partial charge in [0.1, 0.15) is 0 Å². The maximum atomic E-state index is 11.4. The van der Waals surface area contributed by atoms with Crippen molar-refractivity contribution in [2.24, 2.45) is 0 Å². The molecule has 92 valence electrons. The van der Waals surface area contributed by atoms with Crippen LogP contribution in [0.4, 0.5) is 0 Å². The molecule has 0 fully saturated rings. The number of aliphatic carboxylic acids is 1. The lowest BCUT2D eigenvalue weighted by Crippen LogP contribution is -2.33. The quantitative estimate of drug-likeness (QED) is 0.636. The highest BCUT2D eigenvalue weighted by Crippen LogP contribution is 1.92. The number of carbonyl (C=O) groups excluding carboxylic acids is 2. The smallest absolute Gasteiger partial charge is 0.305 e. The van der Waals surface area contributed by atoms with Gasteiger partial charge in [-0.15, -0.1) is 0 Å². The van der Waals surface area contributed by atoms with Gasteiger partial charge in [0.25, 0.3) is 0 Å². The van der Waals surface area contributed by atoms with Crippen LogP contribution in [0.15, 0.2) is 0 Å². The standard InChI is InChI=1S/C10H18N2O4/c1-3-8(13)11-6-4-9(14)12(2)7-5-10(15)16/h3-7H2,1-2H3,(H,11,13)(H,15,16). The monoisotopic (exact) mass is 230 g/mol. The molecule has 0 unspecified atom stereocenters. The first-order valence-electron chi connectivity index (χ1n) is 5.19. The number of carboxylic acid groups (broad SMARTS) is 1. The molecule has 0 saturated heterocycles. The summed E-state index contributed by atoms with van der Waals surface area (Å²) < 4.78 is 0. The zero-order valence-electron chi connectivity index (χ0n) is 9.65. The minimum absolute atomic E-state index is 0.0659. The van der Waals surface area contributed by atoms with Crippen LogP contribution in [0.25, 0.3) is 0 Å². The summed E-state index contributed by atoms with van der Waals surface area (Å²) in [5.41, 5.74) is 0. The number of hydrogen-bond donors (Lipinski definition) is 2. The van der Waals surface area contributed by atoms with Gasteiger partial charge in [-0.1, -0.05) is 6.92 Å². The second kappa shape index (κ2) is 7.67. The van der Waals surface area contributed by atoms with Crippen molar-refractivity contribution in [3.05, 3.63) is 0 Å². The third kappa shape index (κ3) is 6.80. The Morgan fingerprint density at radius 2 is 1.88 bits per heavy atom. The highest BCUT2D eigenvalue weighted by atomic mass is 16.4. The van der Waals surface area contributed by atoms with Crippen LogP contribution in [0.1, 0.15) is 26.2 Å². The first-order valence-corrected chi connectivity index (χ1v) is 5.19. The van der Waals surface area contributed by atoms with E-state index in [1.807, 2.05) is 0 Å². The Kier molecular flexibility index (Phi) is 6.91. The van der Waals surface area contributed by atoms with Gasteiger partial charge in [-0.3, -0.25) is 14.4 Å². The molecule has 6 heteroatoms. The second-order valence-corrected chi connectivity index (χ2v) is 3.41. The number of carbonyl (C=O) groups is 3. The van der Waals surface area contributed by atoms with Gasteiger partial charge in [-0.05, 0) is 0 Å².